The Balaban J connectivity index is 2.21. The van der Waals surface area contributed by atoms with E-state index in [-0.39, 0.29) is 16.5 Å². The van der Waals surface area contributed by atoms with Gasteiger partial charge in [0.15, 0.2) is 0 Å². The van der Waals surface area contributed by atoms with Gasteiger partial charge >= 0.3 is 0 Å². The third-order valence-corrected chi connectivity index (χ3v) is 2.47. The van der Waals surface area contributed by atoms with Gasteiger partial charge in [-0.2, -0.15) is 0 Å². The number of anilines is 1. The molecular weight excluding hydrogens is 273 g/mol. The number of hydrogen-bond acceptors (Lipinski definition) is 4. The normalized spacial score (nSPS) is 10.1. The highest BCUT2D eigenvalue weighted by Crippen LogP contribution is 2.21. The average molecular weight is 282 g/mol. The molecule has 1 aromatic heterocycles. The molecule has 0 spiro atoms. The minimum atomic E-state index is -0.587. The van der Waals surface area contributed by atoms with Gasteiger partial charge in [0.2, 0.25) is 0 Å². The minimum Gasteiger partial charge on any atom is -0.497 e. The Morgan fingerprint density at radius 1 is 1.37 bits per heavy atom. The first-order valence-electron chi connectivity index (χ1n) is 5.22. The monoisotopic (exact) mass is 281 g/mol. The van der Waals surface area contributed by atoms with E-state index in [1.165, 1.54) is 37.7 Å². The number of aromatic nitrogens is 2. The molecule has 19 heavy (non-hydrogen) atoms. The molecule has 2 rings (SSSR count). The molecule has 1 amide bonds. The highest BCUT2D eigenvalue weighted by Gasteiger charge is 2.11. The number of carbonyl (C=O) groups excluding carboxylic acids is 1. The summed E-state index contributed by atoms with van der Waals surface area (Å²) in [6.45, 7) is 0. The van der Waals surface area contributed by atoms with Crippen LogP contribution in [0.3, 0.4) is 0 Å². The largest absolute Gasteiger partial charge is 0.497 e. The highest BCUT2D eigenvalue weighted by molar-refractivity contribution is 6.29. The minimum absolute atomic E-state index is 0.00102. The number of halogens is 2. The number of methoxy groups -OCH3 is 1. The van der Waals surface area contributed by atoms with Crippen LogP contribution in [0.25, 0.3) is 0 Å². The number of amides is 1. The Hall–Kier alpha value is -2.21. The molecule has 0 aliphatic rings. The smallest absolute Gasteiger partial charge is 0.275 e. The summed E-state index contributed by atoms with van der Waals surface area (Å²) in [6.07, 6.45) is 2.44. The summed E-state index contributed by atoms with van der Waals surface area (Å²) < 4.78 is 18.5. The summed E-state index contributed by atoms with van der Waals surface area (Å²) in [5.74, 6) is -0.730. The fourth-order valence-corrected chi connectivity index (χ4v) is 1.44. The summed E-state index contributed by atoms with van der Waals surface area (Å²) in [5.41, 5.74) is 0.0349. The maximum atomic E-state index is 13.5. The number of nitrogens with one attached hydrogen (secondary N) is 1. The first-order valence-corrected chi connectivity index (χ1v) is 5.60. The number of hydrogen-bond donors (Lipinski definition) is 1. The standard InChI is InChI=1S/C12H9ClFN3O2/c1-19-7-2-3-8(14)9(4-7)17-12(18)10-5-16-11(13)6-15-10/h2-6H,1H3,(H,17,18). The molecule has 0 aliphatic carbocycles. The molecule has 0 bridgehead atoms. The SMILES string of the molecule is COc1ccc(F)c(NC(=O)c2cnc(Cl)cn2)c1. The second-order valence-corrected chi connectivity index (χ2v) is 3.91. The molecular formula is C12H9ClFN3O2. The fraction of sp³-hybridized carbons (Fsp3) is 0.0833. The van der Waals surface area contributed by atoms with Crippen molar-refractivity contribution in [1.82, 2.24) is 9.97 Å². The van der Waals surface area contributed by atoms with Gasteiger partial charge in [0.05, 0.1) is 25.2 Å². The Kier molecular flexibility index (Phi) is 3.91. The van der Waals surface area contributed by atoms with Crippen molar-refractivity contribution in [2.75, 3.05) is 12.4 Å². The Morgan fingerprint density at radius 3 is 2.79 bits per heavy atom. The lowest BCUT2D eigenvalue weighted by molar-refractivity contribution is 0.102. The maximum Gasteiger partial charge on any atom is 0.275 e. The van der Waals surface area contributed by atoms with Gasteiger partial charge in [0, 0.05) is 6.07 Å². The van der Waals surface area contributed by atoms with Crippen LogP contribution < -0.4 is 10.1 Å². The van der Waals surface area contributed by atoms with Crippen LogP contribution in [0.4, 0.5) is 10.1 Å². The lowest BCUT2D eigenvalue weighted by Crippen LogP contribution is -2.15. The van der Waals surface area contributed by atoms with Crippen molar-refractivity contribution in [3.8, 4) is 5.75 Å². The zero-order chi connectivity index (χ0) is 13.8. The molecule has 0 saturated carbocycles. The quantitative estimate of drug-likeness (QED) is 0.939. The second kappa shape index (κ2) is 5.62. The van der Waals surface area contributed by atoms with Crippen LogP contribution in [0.5, 0.6) is 5.75 Å². The van der Waals surface area contributed by atoms with Crippen LogP contribution in [-0.2, 0) is 0 Å². The van der Waals surface area contributed by atoms with E-state index in [4.69, 9.17) is 16.3 Å². The lowest BCUT2D eigenvalue weighted by Gasteiger charge is -2.07. The van der Waals surface area contributed by atoms with Crippen molar-refractivity contribution >= 4 is 23.2 Å². The molecule has 0 unspecified atom stereocenters. The molecule has 0 fully saturated rings. The van der Waals surface area contributed by atoms with Crippen molar-refractivity contribution in [3.05, 3.63) is 47.3 Å². The van der Waals surface area contributed by atoms with Crippen LogP contribution in [-0.4, -0.2) is 23.0 Å². The van der Waals surface area contributed by atoms with Gasteiger partial charge in [-0.1, -0.05) is 11.6 Å². The van der Waals surface area contributed by atoms with E-state index in [9.17, 15) is 9.18 Å². The zero-order valence-corrected chi connectivity index (χ0v) is 10.6. The van der Waals surface area contributed by atoms with E-state index < -0.39 is 11.7 Å². The van der Waals surface area contributed by atoms with Crippen molar-refractivity contribution < 1.29 is 13.9 Å². The molecule has 0 radical (unpaired) electrons. The van der Waals surface area contributed by atoms with Gasteiger partial charge < -0.3 is 10.1 Å². The molecule has 1 heterocycles. The molecule has 1 aromatic carbocycles. The van der Waals surface area contributed by atoms with Crippen LogP contribution in [0.15, 0.2) is 30.6 Å². The van der Waals surface area contributed by atoms with Crippen molar-refractivity contribution in [1.29, 1.82) is 0 Å². The number of rotatable bonds is 3. The number of carbonyl (C=O) groups is 1. The van der Waals surface area contributed by atoms with E-state index in [2.05, 4.69) is 15.3 Å². The maximum absolute atomic E-state index is 13.5. The Morgan fingerprint density at radius 2 is 2.16 bits per heavy atom. The Bertz CT molecular complexity index is 604. The number of nitrogens with zero attached hydrogens (tertiary/aromatic N) is 2. The van der Waals surface area contributed by atoms with E-state index in [1.54, 1.807) is 0 Å². The molecule has 5 nitrogen and oxygen atoms in total. The zero-order valence-electron chi connectivity index (χ0n) is 9.85. The molecule has 0 aliphatic heterocycles. The first-order chi connectivity index (χ1) is 9.10. The van der Waals surface area contributed by atoms with Gasteiger partial charge in [-0.05, 0) is 12.1 Å². The summed E-state index contributed by atoms with van der Waals surface area (Å²) in [5, 5.41) is 2.55. The van der Waals surface area contributed by atoms with Crippen LogP contribution in [0, 0.1) is 5.82 Å². The van der Waals surface area contributed by atoms with Gasteiger partial charge in [-0.3, -0.25) is 4.79 Å². The van der Waals surface area contributed by atoms with Gasteiger partial charge in [-0.25, -0.2) is 14.4 Å². The molecule has 2 aromatic rings. The molecule has 98 valence electrons. The molecule has 0 atom stereocenters. The summed E-state index contributed by atoms with van der Waals surface area (Å²) in [7, 11) is 1.45. The van der Waals surface area contributed by atoms with Crippen LogP contribution in [0.2, 0.25) is 5.15 Å². The predicted molar refractivity (Wildman–Crippen MR) is 67.9 cm³/mol. The summed E-state index contributed by atoms with van der Waals surface area (Å²) >= 11 is 5.56. The van der Waals surface area contributed by atoms with Crippen molar-refractivity contribution in [3.63, 3.8) is 0 Å². The topological polar surface area (TPSA) is 64.1 Å². The first kappa shape index (κ1) is 13.2. The Labute approximate surface area is 113 Å². The highest BCUT2D eigenvalue weighted by atomic mass is 35.5. The molecule has 1 N–H and O–H groups in total. The van der Waals surface area contributed by atoms with Crippen molar-refractivity contribution in [2.24, 2.45) is 0 Å². The summed E-state index contributed by atoms with van der Waals surface area (Å²) in [4.78, 5) is 19.3. The summed E-state index contributed by atoms with van der Waals surface area (Å²) in [6, 6.07) is 4.02. The van der Waals surface area contributed by atoms with Crippen LogP contribution >= 0.6 is 11.6 Å². The average Bonchev–Trinajstić information content (AvgIpc) is 2.42. The van der Waals surface area contributed by atoms with E-state index in [0.717, 1.165) is 0 Å². The van der Waals surface area contributed by atoms with Gasteiger partial charge in [0.25, 0.3) is 5.91 Å². The second-order valence-electron chi connectivity index (χ2n) is 3.52. The number of benzene rings is 1. The van der Waals surface area contributed by atoms with Crippen molar-refractivity contribution in [2.45, 2.75) is 0 Å². The van der Waals surface area contributed by atoms with E-state index in [0.29, 0.717) is 5.75 Å². The van der Waals surface area contributed by atoms with Gasteiger partial charge in [-0.15, -0.1) is 0 Å². The third-order valence-electron chi connectivity index (χ3n) is 2.27. The lowest BCUT2D eigenvalue weighted by atomic mass is 10.2. The third kappa shape index (κ3) is 3.17. The molecule has 7 heteroatoms. The van der Waals surface area contributed by atoms with E-state index in [1.807, 2.05) is 0 Å². The number of ether oxygens (including phenoxy) is 1. The van der Waals surface area contributed by atoms with E-state index >= 15 is 0 Å². The van der Waals surface area contributed by atoms with Gasteiger partial charge in [0.1, 0.15) is 22.4 Å². The molecule has 0 saturated heterocycles. The fourth-order valence-electron chi connectivity index (χ4n) is 1.34. The van der Waals surface area contributed by atoms with Crippen LogP contribution in [0.1, 0.15) is 10.5 Å². The predicted octanol–water partition coefficient (Wildman–Crippen LogP) is 2.53.